The summed E-state index contributed by atoms with van der Waals surface area (Å²) in [4.78, 5) is 14.2. The molecule has 0 atom stereocenters. The van der Waals surface area contributed by atoms with Crippen molar-refractivity contribution in [3.05, 3.63) is 223 Å². The third-order valence-electron chi connectivity index (χ3n) is 11.4. The Bertz CT molecular complexity index is 2810. The Morgan fingerprint density at radius 1 is 0.273 bits per heavy atom. The zero-order chi connectivity index (χ0) is 36.3. The minimum atomic E-state index is -0.367. The number of hydrogen-bond donors (Lipinski definition) is 0. The molecule has 3 heterocycles. The number of hydrogen-bond acceptors (Lipinski definition) is 3. The largest absolute Gasteiger partial charge is 0.255 e. The standard InChI is InChI=1S/C52H33N3/c1-4-20-44-40(17-1)41-18-2-5-21-45(41)52(44)46-22-6-3-19-42(46)43-26-25-38(31-47(43)52)36-15-11-13-34(29-36)35-14-12-16-37(30-35)39-32-50(48-23-7-9-27-53-48)55-51(33-39)49-24-8-10-28-54-49/h1-33H. The minimum absolute atomic E-state index is 0.367. The smallest absolute Gasteiger partial charge is 0.0900 e. The van der Waals surface area contributed by atoms with Gasteiger partial charge in [-0.3, -0.25) is 9.97 Å². The molecule has 0 N–H and O–H groups in total. The van der Waals surface area contributed by atoms with Gasteiger partial charge in [-0.15, -0.1) is 0 Å². The first-order chi connectivity index (χ1) is 27.3. The highest BCUT2D eigenvalue weighted by Gasteiger charge is 2.51. The van der Waals surface area contributed by atoms with Gasteiger partial charge in [0.25, 0.3) is 0 Å². The minimum Gasteiger partial charge on any atom is -0.255 e. The van der Waals surface area contributed by atoms with Gasteiger partial charge < -0.3 is 0 Å². The molecule has 3 heteroatoms. The Morgan fingerprint density at radius 2 is 0.691 bits per heavy atom. The van der Waals surface area contributed by atoms with Crippen molar-refractivity contribution in [2.45, 2.75) is 5.41 Å². The molecule has 0 saturated heterocycles. The van der Waals surface area contributed by atoms with Crippen LogP contribution in [0.5, 0.6) is 0 Å². The van der Waals surface area contributed by atoms with Crippen molar-refractivity contribution < 1.29 is 0 Å². The van der Waals surface area contributed by atoms with Crippen molar-refractivity contribution in [3.8, 4) is 78.4 Å². The lowest BCUT2D eigenvalue weighted by Gasteiger charge is -2.30. The molecule has 6 aromatic carbocycles. The van der Waals surface area contributed by atoms with Crippen molar-refractivity contribution >= 4 is 0 Å². The van der Waals surface area contributed by atoms with Crippen molar-refractivity contribution in [1.29, 1.82) is 0 Å². The number of rotatable bonds is 5. The lowest BCUT2D eigenvalue weighted by molar-refractivity contribution is 0.794. The first-order valence-corrected chi connectivity index (χ1v) is 18.8. The quantitative estimate of drug-likeness (QED) is 0.179. The lowest BCUT2D eigenvalue weighted by Crippen LogP contribution is -2.25. The second kappa shape index (κ2) is 12.4. The van der Waals surface area contributed by atoms with Gasteiger partial charge in [0, 0.05) is 12.4 Å². The zero-order valence-electron chi connectivity index (χ0n) is 29.9. The first-order valence-electron chi connectivity index (χ1n) is 18.8. The van der Waals surface area contributed by atoms with Crippen molar-refractivity contribution in [3.63, 3.8) is 0 Å². The maximum atomic E-state index is 4.99. The van der Waals surface area contributed by atoms with Crippen LogP contribution in [0.25, 0.3) is 78.4 Å². The predicted octanol–water partition coefficient (Wildman–Crippen LogP) is 12.6. The third-order valence-corrected chi connectivity index (χ3v) is 11.4. The summed E-state index contributed by atoms with van der Waals surface area (Å²) in [5.74, 6) is 0. The van der Waals surface area contributed by atoms with E-state index in [0.717, 1.165) is 39.5 Å². The van der Waals surface area contributed by atoms with Crippen LogP contribution in [0, 0.1) is 0 Å². The molecule has 9 aromatic rings. The molecule has 0 bridgehead atoms. The van der Waals surface area contributed by atoms with Crippen LogP contribution in [0.2, 0.25) is 0 Å². The fraction of sp³-hybridized carbons (Fsp3) is 0.0192. The van der Waals surface area contributed by atoms with Gasteiger partial charge in [0.15, 0.2) is 0 Å². The molecule has 0 saturated carbocycles. The van der Waals surface area contributed by atoms with E-state index in [-0.39, 0.29) is 5.41 Å². The predicted molar refractivity (Wildman–Crippen MR) is 223 cm³/mol. The number of benzene rings is 6. The molecular formula is C52H33N3. The summed E-state index contributed by atoms with van der Waals surface area (Å²) >= 11 is 0. The van der Waals surface area contributed by atoms with E-state index in [1.54, 1.807) is 0 Å². The van der Waals surface area contributed by atoms with Crippen LogP contribution in [0.1, 0.15) is 22.3 Å². The molecule has 0 amide bonds. The average Bonchev–Trinajstić information content (AvgIpc) is 3.74. The van der Waals surface area contributed by atoms with Crippen molar-refractivity contribution in [2.75, 3.05) is 0 Å². The second-order valence-electron chi connectivity index (χ2n) is 14.4. The van der Waals surface area contributed by atoms with Gasteiger partial charge in [0.1, 0.15) is 0 Å². The van der Waals surface area contributed by atoms with Gasteiger partial charge in [-0.05, 0) is 132 Å². The average molecular weight is 700 g/mol. The van der Waals surface area contributed by atoms with Crippen LogP contribution in [0.3, 0.4) is 0 Å². The van der Waals surface area contributed by atoms with Crippen LogP contribution in [-0.4, -0.2) is 15.0 Å². The van der Waals surface area contributed by atoms with Crippen LogP contribution < -0.4 is 0 Å². The molecule has 1 spiro atoms. The monoisotopic (exact) mass is 699 g/mol. The summed E-state index contributed by atoms with van der Waals surface area (Å²) in [6.45, 7) is 0. The van der Waals surface area contributed by atoms with E-state index in [4.69, 9.17) is 4.98 Å². The molecule has 11 rings (SSSR count). The molecule has 3 nitrogen and oxygen atoms in total. The summed E-state index contributed by atoms with van der Waals surface area (Å²) in [5.41, 5.74) is 20.5. The van der Waals surface area contributed by atoms with E-state index in [1.807, 2.05) is 48.8 Å². The lowest BCUT2D eigenvalue weighted by atomic mass is 9.70. The summed E-state index contributed by atoms with van der Waals surface area (Å²) in [6.07, 6.45) is 3.62. The van der Waals surface area contributed by atoms with Crippen LogP contribution in [0.15, 0.2) is 200 Å². The number of pyridine rings is 3. The Hall–Kier alpha value is -7.23. The highest BCUT2D eigenvalue weighted by Crippen LogP contribution is 2.63. The summed E-state index contributed by atoms with van der Waals surface area (Å²) < 4.78 is 0. The normalized spacial score (nSPS) is 12.9. The molecule has 256 valence electrons. The van der Waals surface area contributed by atoms with E-state index in [2.05, 4.69) is 162 Å². The third kappa shape index (κ3) is 4.87. The molecule has 3 aromatic heterocycles. The first kappa shape index (κ1) is 31.3. The van der Waals surface area contributed by atoms with E-state index in [9.17, 15) is 0 Å². The molecule has 2 aliphatic rings. The van der Waals surface area contributed by atoms with Gasteiger partial charge in [0.2, 0.25) is 0 Å². The van der Waals surface area contributed by atoms with E-state index in [1.165, 1.54) is 61.2 Å². The van der Waals surface area contributed by atoms with Gasteiger partial charge in [-0.25, -0.2) is 4.98 Å². The van der Waals surface area contributed by atoms with Gasteiger partial charge in [0.05, 0.1) is 28.2 Å². The number of nitrogens with zero attached hydrogens (tertiary/aromatic N) is 3. The fourth-order valence-electron chi connectivity index (χ4n) is 9.02. The SMILES string of the molecule is c1ccc(-c2cc(-c3cccc(-c4cccc(-c5ccc6c(c5)C5(c7ccccc7-c7ccccc75)c5ccccc5-6)c4)c3)cc(-c3ccccn3)n2)nc1. The van der Waals surface area contributed by atoms with Gasteiger partial charge >= 0.3 is 0 Å². The molecule has 0 radical (unpaired) electrons. The summed E-state index contributed by atoms with van der Waals surface area (Å²) in [7, 11) is 0. The second-order valence-corrected chi connectivity index (χ2v) is 14.4. The van der Waals surface area contributed by atoms with Gasteiger partial charge in [-0.2, -0.15) is 0 Å². The topological polar surface area (TPSA) is 38.7 Å². The molecule has 55 heavy (non-hydrogen) atoms. The highest BCUT2D eigenvalue weighted by atomic mass is 14.8. The Balaban J connectivity index is 1.02. The molecule has 0 unspecified atom stereocenters. The zero-order valence-corrected chi connectivity index (χ0v) is 29.9. The Kier molecular flexibility index (Phi) is 7.08. The number of fused-ring (bicyclic) bond motifs is 10. The maximum absolute atomic E-state index is 4.99. The van der Waals surface area contributed by atoms with E-state index >= 15 is 0 Å². The molecule has 0 aliphatic heterocycles. The highest BCUT2D eigenvalue weighted by molar-refractivity contribution is 5.96. The number of aromatic nitrogens is 3. The van der Waals surface area contributed by atoms with Crippen LogP contribution in [-0.2, 0) is 5.41 Å². The van der Waals surface area contributed by atoms with Crippen LogP contribution >= 0.6 is 0 Å². The van der Waals surface area contributed by atoms with Crippen LogP contribution in [0.4, 0.5) is 0 Å². The van der Waals surface area contributed by atoms with Gasteiger partial charge in [-0.1, -0.05) is 133 Å². The Labute approximate surface area is 320 Å². The summed E-state index contributed by atoms with van der Waals surface area (Å²) in [6, 6.07) is 67.9. The van der Waals surface area contributed by atoms with E-state index < -0.39 is 0 Å². The Morgan fingerprint density at radius 3 is 1.16 bits per heavy atom. The molecule has 2 aliphatic carbocycles. The summed E-state index contributed by atoms with van der Waals surface area (Å²) in [5, 5.41) is 0. The fourth-order valence-corrected chi connectivity index (χ4v) is 9.02. The van der Waals surface area contributed by atoms with Crippen molar-refractivity contribution in [2.24, 2.45) is 0 Å². The van der Waals surface area contributed by atoms with E-state index in [0.29, 0.717) is 0 Å². The molecule has 0 fully saturated rings. The maximum Gasteiger partial charge on any atom is 0.0900 e. The van der Waals surface area contributed by atoms with Crippen molar-refractivity contribution in [1.82, 2.24) is 15.0 Å². The molecular weight excluding hydrogens is 667 g/mol.